The molecule has 2 nitrogen and oxygen atoms in total. The lowest BCUT2D eigenvalue weighted by Gasteiger charge is -2.40. The molecule has 0 aromatic carbocycles. The van der Waals surface area contributed by atoms with Gasteiger partial charge in [-0.05, 0) is 59.3 Å². The van der Waals surface area contributed by atoms with Crippen molar-refractivity contribution in [1.82, 2.24) is 10.2 Å². The molecule has 116 valence electrons. The highest BCUT2D eigenvalue weighted by molar-refractivity contribution is 7.98. The van der Waals surface area contributed by atoms with E-state index in [2.05, 4.69) is 65.1 Å². The van der Waals surface area contributed by atoms with Gasteiger partial charge >= 0.3 is 0 Å². The largest absolute Gasteiger partial charge is 0.311 e. The Balaban J connectivity index is 4.61. The van der Waals surface area contributed by atoms with Crippen molar-refractivity contribution in [3.8, 4) is 0 Å². The first-order valence-corrected chi connectivity index (χ1v) is 9.03. The SMILES string of the molecule is CCC(CC)(CNC(C)(C)C)CN(C)C(C)CSC. The summed E-state index contributed by atoms with van der Waals surface area (Å²) in [5.74, 6) is 1.21. The Hall–Kier alpha value is 0.270. The lowest BCUT2D eigenvalue weighted by molar-refractivity contribution is 0.126. The third-order valence-electron chi connectivity index (χ3n) is 4.24. The first-order valence-electron chi connectivity index (χ1n) is 7.64. The second-order valence-electron chi connectivity index (χ2n) is 7.03. The first-order chi connectivity index (χ1) is 8.69. The van der Waals surface area contributed by atoms with Crippen LogP contribution in [0.15, 0.2) is 0 Å². The van der Waals surface area contributed by atoms with Crippen LogP contribution in [-0.4, -0.2) is 48.6 Å². The van der Waals surface area contributed by atoms with Crippen LogP contribution in [0.4, 0.5) is 0 Å². The van der Waals surface area contributed by atoms with Gasteiger partial charge in [0.05, 0.1) is 0 Å². The van der Waals surface area contributed by atoms with Crippen LogP contribution in [0, 0.1) is 5.41 Å². The van der Waals surface area contributed by atoms with Gasteiger partial charge in [-0.15, -0.1) is 0 Å². The van der Waals surface area contributed by atoms with Gasteiger partial charge in [0.15, 0.2) is 0 Å². The summed E-state index contributed by atoms with van der Waals surface area (Å²) in [5.41, 5.74) is 0.605. The lowest BCUT2D eigenvalue weighted by Crippen LogP contribution is -2.49. The van der Waals surface area contributed by atoms with E-state index >= 15 is 0 Å². The smallest absolute Gasteiger partial charge is 0.0155 e. The fraction of sp³-hybridized carbons (Fsp3) is 1.00. The van der Waals surface area contributed by atoms with E-state index in [0.717, 1.165) is 6.54 Å². The van der Waals surface area contributed by atoms with Gasteiger partial charge in [-0.2, -0.15) is 11.8 Å². The van der Waals surface area contributed by atoms with Crippen molar-refractivity contribution in [2.45, 2.75) is 66.0 Å². The van der Waals surface area contributed by atoms with Gasteiger partial charge in [-0.3, -0.25) is 0 Å². The highest BCUT2D eigenvalue weighted by Gasteiger charge is 2.30. The van der Waals surface area contributed by atoms with Crippen molar-refractivity contribution in [2.24, 2.45) is 5.41 Å². The molecule has 0 saturated heterocycles. The number of nitrogens with one attached hydrogen (secondary N) is 1. The average Bonchev–Trinajstić information content (AvgIpc) is 2.33. The summed E-state index contributed by atoms with van der Waals surface area (Å²) in [6.45, 7) is 16.1. The molecule has 19 heavy (non-hydrogen) atoms. The van der Waals surface area contributed by atoms with E-state index in [1.807, 2.05) is 11.8 Å². The molecule has 3 heteroatoms. The Labute approximate surface area is 126 Å². The van der Waals surface area contributed by atoms with Gasteiger partial charge in [0, 0.05) is 30.4 Å². The second-order valence-corrected chi connectivity index (χ2v) is 7.94. The molecule has 0 saturated carbocycles. The van der Waals surface area contributed by atoms with Gasteiger partial charge in [-0.1, -0.05) is 13.8 Å². The lowest BCUT2D eigenvalue weighted by atomic mass is 9.80. The van der Waals surface area contributed by atoms with Crippen LogP contribution in [0.1, 0.15) is 54.4 Å². The number of hydrogen-bond donors (Lipinski definition) is 1. The summed E-state index contributed by atoms with van der Waals surface area (Å²) in [5, 5.41) is 3.71. The fourth-order valence-corrected chi connectivity index (χ4v) is 3.02. The molecule has 1 unspecified atom stereocenters. The predicted molar refractivity (Wildman–Crippen MR) is 91.2 cm³/mol. The highest BCUT2D eigenvalue weighted by atomic mass is 32.2. The quantitative estimate of drug-likeness (QED) is 0.693. The molecular formula is C16H36N2S. The Morgan fingerprint density at radius 2 is 1.68 bits per heavy atom. The normalized spacial score (nSPS) is 15.0. The minimum absolute atomic E-state index is 0.207. The summed E-state index contributed by atoms with van der Waals surface area (Å²) < 4.78 is 0. The number of hydrogen-bond acceptors (Lipinski definition) is 3. The zero-order valence-electron chi connectivity index (χ0n) is 14.5. The molecule has 0 aliphatic carbocycles. The van der Waals surface area contributed by atoms with E-state index in [-0.39, 0.29) is 5.54 Å². The molecule has 0 amide bonds. The molecule has 0 aromatic rings. The fourth-order valence-electron chi connectivity index (χ4n) is 2.29. The molecule has 1 atom stereocenters. The maximum Gasteiger partial charge on any atom is 0.0155 e. The van der Waals surface area contributed by atoms with E-state index in [1.54, 1.807) is 0 Å². The van der Waals surface area contributed by atoms with Gasteiger partial charge in [0.25, 0.3) is 0 Å². The van der Waals surface area contributed by atoms with Gasteiger partial charge < -0.3 is 10.2 Å². The van der Waals surface area contributed by atoms with Crippen molar-refractivity contribution in [3.63, 3.8) is 0 Å². The van der Waals surface area contributed by atoms with Crippen molar-refractivity contribution >= 4 is 11.8 Å². The highest BCUT2D eigenvalue weighted by Crippen LogP contribution is 2.28. The van der Waals surface area contributed by atoms with E-state index in [1.165, 1.54) is 25.1 Å². The van der Waals surface area contributed by atoms with Gasteiger partial charge in [0.2, 0.25) is 0 Å². The maximum absolute atomic E-state index is 3.71. The number of thioether (sulfide) groups is 1. The maximum atomic E-state index is 3.71. The monoisotopic (exact) mass is 288 g/mol. The topological polar surface area (TPSA) is 15.3 Å². The molecule has 0 bridgehead atoms. The average molecular weight is 289 g/mol. The number of rotatable bonds is 9. The molecule has 0 aliphatic rings. The Kier molecular flexibility index (Phi) is 8.65. The molecule has 0 radical (unpaired) electrons. The molecule has 0 spiro atoms. The molecule has 0 aromatic heterocycles. The van der Waals surface area contributed by atoms with Crippen molar-refractivity contribution in [3.05, 3.63) is 0 Å². The zero-order chi connectivity index (χ0) is 15.1. The van der Waals surface area contributed by atoms with Crippen LogP contribution in [0.3, 0.4) is 0 Å². The van der Waals surface area contributed by atoms with Crippen LogP contribution < -0.4 is 5.32 Å². The summed E-state index contributed by atoms with van der Waals surface area (Å²) in [7, 11) is 2.28. The van der Waals surface area contributed by atoms with Gasteiger partial charge in [-0.25, -0.2) is 0 Å². The number of nitrogens with zero attached hydrogens (tertiary/aromatic N) is 1. The molecule has 0 fully saturated rings. The third kappa shape index (κ3) is 7.57. The van der Waals surface area contributed by atoms with E-state index < -0.39 is 0 Å². The summed E-state index contributed by atoms with van der Waals surface area (Å²) in [4.78, 5) is 2.54. The van der Waals surface area contributed by atoms with Crippen LogP contribution in [-0.2, 0) is 0 Å². The van der Waals surface area contributed by atoms with Crippen molar-refractivity contribution in [2.75, 3.05) is 32.1 Å². The zero-order valence-corrected chi connectivity index (χ0v) is 15.3. The van der Waals surface area contributed by atoms with Crippen molar-refractivity contribution in [1.29, 1.82) is 0 Å². The van der Waals surface area contributed by atoms with Crippen LogP contribution in [0.2, 0.25) is 0 Å². The standard InChI is InChI=1S/C16H36N2S/c1-9-16(10-2,12-17-15(4,5)6)13-18(7)14(3)11-19-8/h14,17H,9-13H2,1-8H3. The molecule has 0 rings (SSSR count). The molecule has 0 aliphatic heterocycles. The Morgan fingerprint density at radius 3 is 2.05 bits per heavy atom. The van der Waals surface area contributed by atoms with E-state index in [9.17, 15) is 0 Å². The minimum atomic E-state index is 0.207. The minimum Gasteiger partial charge on any atom is -0.311 e. The van der Waals surface area contributed by atoms with Gasteiger partial charge in [0.1, 0.15) is 0 Å². The summed E-state index contributed by atoms with van der Waals surface area (Å²) in [6.07, 6.45) is 4.67. The summed E-state index contributed by atoms with van der Waals surface area (Å²) >= 11 is 1.94. The Morgan fingerprint density at radius 1 is 1.16 bits per heavy atom. The van der Waals surface area contributed by atoms with E-state index in [4.69, 9.17) is 0 Å². The van der Waals surface area contributed by atoms with E-state index in [0.29, 0.717) is 11.5 Å². The Bertz CT molecular complexity index is 231. The second kappa shape index (κ2) is 8.53. The van der Waals surface area contributed by atoms with Crippen LogP contribution in [0.25, 0.3) is 0 Å². The molecule has 1 N–H and O–H groups in total. The third-order valence-corrected chi connectivity index (χ3v) is 5.05. The van der Waals surface area contributed by atoms with Crippen molar-refractivity contribution < 1.29 is 0 Å². The predicted octanol–water partition coefficient (Wildman–Crippen LogP) is 3.86. The van der Waals surface area contributed by atoms with Crippen LogP contribution >= 0.6 is 11.8 Å². The summed E-state index contributed by atoms with van der Waals surface area (Å²) in [6, 6.07) is 0.655. The molecule has 0 heterocycles. The molecular weight excluding hydrogens is 252 g/mol. The van der Waals surface area contributed by atoms with Crippen LogP contribution in [0.5, 0.6) is 0 Å². The first kappa shape index (κ1) is 19.3.